The molecule has 0 amide bonds. The predicted octanol–water partition coefficient (Wildman–Crippen LogP) is 0.954. The first-order valence-corrected chi connectivity index (χ1v) is 5.12. The van der Waals surface area contributed by atoms with Crippen molar-refractivity contribution in [1.29, 1.82) is 0 Å². The zero-order chi connectivity index (χ0) is 10.8. The van der Waals surface area contributed by atoms with Gasteiger partial charge in [0, 0.05) is 0 Å². The molecule has 0 heterocycles. The van der Waals surface area contributed by atoms with Crippen molar-refractivity contribution in [2.24, 2.45) is 0 Å². The van der Waals surface area contributed by atoms with E-state index in [9.17, 15) is 17.6 Å². The summed E-state index contributed by atoms with van der Waals surface area (Å²) >= 11 is 0. The lowest BCUT2D eigenvalue weighted by Crippen LogP contribution is -2.13. The van der Waals surface area contributed by atoms with Gasteiger partial charge in [0.25, 0.3) is 10.1 Å². The lowest BCUT2D eigenvalue weighted by molar-refractivity contribution is -0.107. The molecule has 0 saturated heterocycles. The second-order valence-corrected chi connectivity index (χ2v) is 4.16. The summed E-state index contributed by atoms with van der Waals surface area (Å²) in [5.74, 6) is -0.547. The first-order valence-electron chi connectivity index (χ1n) is 3.62. The number of carbonyl (C=O) groups is 1. The fraction of sp³-hybridized carbons (Fsp3) is 0.125. The molecule has 0 fully saturated rings. The third-order valence-electron chi connectivity index (χ3n) is 1.64. The summed E-state index contributed by atoms with van der Waals surface area (Å²) < 4.78 is 42.5. The molecule has 1 rings (SSSR count). The SMILES string of the molecule is O=CC(c1ccc(F)cc1)S(=O)(=O)O. The second-order valence-electron chi connectivity index (χ2n) is 2.62. The van der Waals surface area contributed by atoms with Crippen molar-refractivity contribution in [3.63, 3.8) is 0 Å². The molecule has 76 valence electrons. The van der Waals surface area contributed by atoms with Gasteiger partial charge >= 0.3 is 0 Å². The summed E-state index contributed by atoms with van der Waals surface area (Å²) in [6.07, 6.45) is 0.0859. The van der Waals surface area contributed by atoms with Crippen LogP contribution in [0.4, 0.5) is 4.39 Å². The number of carbonyl (C=O) groups excluding carboxylic acids is 1. The molecular formula is C8H7FO4S. The predicted molar refractivity (Wildman–Crippen MR) is 46.8 cm³/mol. The molecule has 14 heavy (non-hydrogen) atoms. The van der Waals surface area contributed by atoms with Crippen molar-refractivity contribution < 1.29 is 22.2 Å². The van der Waals surface area contributed by atoms with E-state index < -0.39 is 21.2 Å². The van der Waals surface area contributed by atoms with Crippen LogP contribution in [-0.4, -0.2) is 19.3 Å². The molecule has 6 heteroatoms. The van der Waals surface area contributed by atoms with Crippen LogP contribution in [0.2, 0.25) is 0 Å². The molecule has 0 spiro atoms. The Hall–Kier alpha value is -1.27. The van der Waals surface area contributed by atoms with Gasteiger partial charge in [0.1, 0.15) is 12.1 Å². The summed E-state index contributed by atoms with van der Waals surface area (Å²) in [6.45, 7) is 0. The van der Waals surface area contributed by atoms with Crippen molar-refractivity contribution in [2.75, 3.05) is 0 Å². The van der Waals surface area contributed by atoms with Gasteiger partial charge in [0.2, 0.25) is 0 Å². The third kappa shape index (κ3) is 2.36. The summed E-state index contributed by atoms with van der Waals surface area (Å²) in [5.41, 5.74) is 0.0314. The highest BCUT2D eigenvalue weighted by molar-refractivity contribution is 7.86. The Bertz CT molecular complexity index is 423. The Morgan fingerprint density at radius 2 is 1.79 bits per heavy atom. The number of benzene rings is 1. The van der Waals surface area contributed by atoms with Crippen molar-refractivity contribution in [1.82, 2.24) is 0 Å². The lowest BCUT2D eigenvalue weighted by atomic mass is 10.2. The molecule has 0 saturated carbocycles. The van der Waals surface area contributed by atoms with Crippen LogP contribution in [0.25, 0.3) is 0 Å². The van der Waals surface area contributed by atoms with Gasteiger partial charge in [-0.05, 0) is 17.7 Å². The summed E-state index contributed by atoms with van der Waals surface area (Å²) in [6, 6.07) is 4.28. The van der Waals surface area contributed by atoms with Crippen LogP contribution < -0.4 is 0 Å². The van der Waals surface area contributed by atoms with E-state index >= 15 is 0 Å². The lowest BCUT2D eigenvalue weighted by Gasteiger charge is -2.06. The molecule has 0 aliphatic rings. The van der Waals surface area contributed by atoms with E-state index in [4.69, 9.17) is 4.55 Å². The summed E-state index contributed by atoms with van der Waals surface area (Å²) in [5, 5.41) is -1.65. The fourth-order valence-electron chi connectivity index (χ4n) is 0.973. The quantitative estimate of drug-likeness (QED) is 0.605. The van der Waals surface area contributed by atoms with E-state index in [2.05, 4.69) is 0 Å². The Kier molecular flexibility index (Phi) is 2.97. The van der Waals surface area contributed by atoms with Gasteiger partial charge in [-0.25, -0.2) is 4.39 Å². The van der Waals surface area contributed by atoms with E-state index in [-0.39, 0.29) is 11.8 Å². The number of halogens is 1. The van der Waals surface area contributed by atoms with Crippen LogP contribution in [0.15, 0.2) is 24.3 Å². The molecule has 0 bridgehead atoms. The van der Waals surface area contributed by atoms with Crippen LogP contribution in [-0.2, 0) is 14.9 Å². The van der Waals surface area contributed by atoms with Gasteiger partial charge in [-0.3, -0.25) is 4.55 Å². The third-order valence-corrected chi connectivity index (χ3v) is 2.67. The second kappa shape index (κ2) is 3.85. The minimum absolute atomic E-state index is 0.0314. The minimum Gasteiger partial charge on any atom is -0.301 e. The molecule has 1 aromatic rings. The molecule has 1 unspecified atom stereocenters. The number of rotatable bonds is 3. The maximum absolute atomic E-state index is 12.5. The first kappa shape index (κ1) is 10.8. The van der Waals surface area contributed by atoms with Crippen LogP contribution in [0.1, 0.15) is 10.8 Å². The van der Waals surface area contributed by atoms with E-state index in [1.807, 2.05) is 0 Å². The van der Waals surface area contributed by atoms with Gasteiger partial charge in [-0.2, -0.15) is 8.42 Å². The smallest absolute Gasteiger partial charge is 0.278 e. The Balaban J connectivity index is 3.15. The highest BCUT2D eigenvalue weighted by atomic mass is 32.2. The average Bonchev–Trinajstić information content (AvgIpc) is 2.07. The molecule has 0 aromatic heterocycles. The molecule has 0 aliphatic carbocycles. The van der Waals surface area contributed by atoms with Gasteiger partial charge in [0.05, 0.1) is 0 Å². The molecule has 1 atom stereocenters. The highest BCUT2D eigenvalue weighted by Crippen LogP contribution is 2.18. The standard InChI is InChI=1S/C8H7FO4S/c9-7-3-1-6(2-4-7)8(5-10)14(11,12)13/h1-5,8H,(H,11,12,13). The van der Waals surface area contributed by atoms with Crippen molar-refractivity contribution >= 4 is 16.4 Å². The van der Waals surface area contributed by atoms with Gasteiger partial charge in [0.15, 0.2) is 5.25 Å². The first-order chi connectivity index (χ1) is 6.45. The number of hydrogen-bond donors (Lipinski definition) is 1. The van der Waals surface area contributed by atoms with Crippen LogP contribution in [0.3, 0.4) is 0 Å². The van der Waals surface area contributed by atoms with Crippen molar-refractivity contribution in [3.8, 4) is 0 Å². The molecule has 1 N–H and O–H groups in total. The zero-order valence-electron chi connectivity index (χ0n) is 6.92. The molecule has 0 aliphatic heterocycles. The summed E-state index contributed by atoms with van der Waals surface area (Å²) in [4.78, 5) is 10.4. The molecule has 1 aromatic carbocycles. The monoisotopic (exact) mass is 218 g/mol. The molecule has 0 radical (unpaired) electrons. The van der Waals surface area contributed by atoms with Crippen molar-refractivity contribution in [2.45, 2.75) is 5.25 Å². The zero-order valence-corrected chi connectivity index (χ0v) is 7.74. The van der Waals surface area contributed by atoms with Gasteiger partial charge in [-0.15, -0.1) is 0 Å². The van der Waals surface area contributed by atoms with E-state index in [0.717, 1.165) is 24.3 Å². The largest absolute Gasteiger partial charge is 0.301 e. The number of aldehydes is 1. The highest BCUT2D eigenvalue weighted by Gasteiger charge is 2.24. The Morgan fingerprint density at radius 3 is 2.14 bits per heavy atom. The fourth-order valence-corrected chi connectivity index (χ4v) is 1.61. The van der Waals surface area contributed by atoms with Gasteiger partial charge in [-0.1, -0.05) is 12.1 Å². The maximum Gasteiger partial charge on any atom is 0.278 e. The average molecular weight is 218 g/mol. The minimum atomic E-state index is -4.47. The van der Waals surface area contributed by atoms with Crippen LogP contribution in [0, 0.1) is 5.82 Å². The molecule has 4 nitrogen and oxygen atoms in total. The van der Waals surface area contributed by atoms with Crippen LogP contribution in [0.5, 0.6) is 0 Å². The van der Waals surface area contributed by atoms with E-state index in [1.54, 1.807) is 0 Å². The summed E-state index contributed by atoms with van der Waals surface area (Å²) in [7, 11) is -4.47. The van der Waals surface area contributed by atoms with Gasteiger partial charge < -0.3 is 4.79 Å². The normalized spacial score (nSPS) is 13.6. The number of hydrogen-bond acceptors (Lipinski definition) is 3. The van der Waals surface area contributed by atoms with Crippen molar-refractivity contribution in [3.05, 3.63) is 35.6 Å². The Morgan fingerprint density at radius 1 is 1.29 bits per heavy atom. The Labute approximate surface area is 80.1 Å². The van der Waals surface area contributed by atoms with Crippen LogP contribution >= 0.6 is 0 Å². The topological polar surface area (TPSA) is 71.4 Å². The maximum atomic E-state index is 12.5. The van der Waals surface area contributed by atoms with E-state index in [0.29, 0.717) is 0 Å². The molecular weight excluding hydrogens is 211 g/mol. The van der Waals surface area contributed by atoms with E-state index in [1.165, 1.54) is 0 Å².